The Kier molecular flexibility index (Phi) is 4.43. The average molecular weight is 399 g/mol. The SMILES string of the molecule is CC(=C1C(=O)N2C(C(=O)OCc3ccc([N+](=O)[O-])cc3)=CS[C@@H]12)c1cn[nH]n1. The molecule has 1 aromatic carbocycles. The number of hydrogen-bond acceptors (Lipinski definition) is 8. The molecule has 10 nitrogen and oxygen atoms in total. The number of hydrogen-bond donors (Lipinski definition) is 1. The summed E-state index contributed by atoms with van der Waals surface area (Å²) >= 11 is 1.34. The Labute approximate surface area is 162 Å². The number of fused-ring (bicyclic) bond motifs is 1. The van der Waals surface area contributed by atoms with Gasteiger partial charge in [0.05, 0.1) is 16.7 Å². The smallest absolute Gasteiger partial charge is 0.355 e. The topological polar surface area (TPSA) is 131 Å². The van der Waals surface area contributed by atoms with Crippen LogP contribution in [0.15, 0.2) is 47.1 Å². The second-order valence-corrected chi connectivity index (χ2v) is 7.01. The highest BCUT2D eigenvalue weighted by atomic mass is 32.2. The lowest BCUT2D eigenvalue weighted by molar-refractivity contribution is -0.384. The second kappa shape index (κ2) is 6.93. The maximum atomic E-state index is 12.6. The molecule has 0 saturated carbocycles. The number of amides is 1. The summed E-state index contributed by atoms with van der Waals surface area (Å²) < 4.78 is 5.25. The molecule has 1 amide bonds. The number of nitro benzene ring substituents is 1. The lowest BCUT2D eigenvalue weighted by Crippen LogP contribution is -2.51. The van der Waals surface area contributed by atoms with Crippen molar-refractivity contribution >= 4 is 34.9 Å². The fourth-order valence-corrected chi connectivity index (χ4v) is 4.12. The van der Waals surface area contributed by atoms with E-state index in [1.807, 2.05) is 0 Å². The third-order valence-electron chi connectivity index (χ3n) is 4.43. The van der Waals surface area contributed by atoms with Crippen LogP contribution in [0.4, 0.5) is 5.69 Å². The quantitative estimate of drug-likeness (QED) is 0.265. The standard InChI is InChI=1S/C17H13N5O5S/c1-9(12-6-18-20-19-12)14-15(23)21-13(8-28-16(14)21)17(24)27-7-10-2-4-11(5-3-10)22(25)26/h2-6,8,16H,7H2,1H3,(H,18,19,20)/t16-/m0/s1. The normalized spacial score (nSPS) is 19.6. The Balaban J connectivity index is 1.41. The summed E-state index contributed by atoms with van der Waals surface area (Å²) in [4.78, 5) is 36.5. The van der Waals surface area contributed by atoms with Crippen molar-refractivity contribution in [2.24, 2.45) is 0 Å². The van der Waals surface area contributed by atoms with Crippen LogP contribution >= 0.6 is 11.8 Å². The van der Waals surface area contributed by atoms with Crippen LogP contribution in [-0.2, 0) is 20.9 Å². The maximum absolute atomic E-state index is 12.6. The van der Waals surface area contributed by atoms with E-state index in [2.05, 4.69) is 15.4 Å². The molecule has 0 radical (unpaired) electrons. The van der Waals surface area contributed by atoms with Crippen LogP contribution in [0.25, 0.3) is 5.57 Å². The van der Waals surface area contributed by atoms with Gasteiger partial charge in [-0.1, -0.05) is 0 Å². The zero-order valence-electron chi connectivity index (χ0n) is 14.5. The molecule has 2 aliphatic heterocycles. The number of carbonyl (C=O) groups is 2. The Bertz CT molecular complexity index is 1030. The van der Waals surface area contributed by atoms with E-state index in [0.29, 0.717) is 22.4 Å². The number of H-pyrrole nitrogens is 1. The average Bonchev–Trinajstić information content (AvgIpc) is 3.34. The van der Waals surface area contributed by atoms with E-state index in [1.54, 1.807) is 12.3 Å². The molecule has 1 aromatic heterocycles. The molecule has 2 aromatic rings. The minimum Gasteiger partial charge on any atom is -0.456 e. The van der Waals surface area contributed by atoms with Crippen molar-refractivity contribution in [3.05, 3.63) is 68.5 Å². The summed E-state index contributed by atoms with van der Waals surface area (Å²) in [5.41, 5.74) is 2.62. The Hall–Kier alpha value is -3.47. The number of nitrogens with one attached hydrogen (secondary N) is 1. The number of β-lactam (4-membered cyclic amide) rings is 1. The first-order chi connectivity index (χ1) is 13.5. The Morgan fingerprint density at radius 3 is 2.79 bits per heavy atom. The first kappa shape index (κ1) is 17.9. The van der Waals surface area contributed by atoms with E-state index < -0.39 is 10.9 Å². The lowest BCUT2D eigenvalue weighted by Gasteiger charge is -2.38. The minimum atomic E-state index is -0.625. The summed E-state index contributed by atoms with van der Waals surface area (Å²) in [7, 11) is 0. The fourth-order valence-electron chi connectivity index (χ4n) is 2.90. The Morgan fingerprint density at radius 1 is 1.39 bits per heavy atom. The number of carbonyl (C=O) groups excluding carboxylic acids is 2. The lowest BCUT2D eigenvalue weighted by atomic mass is 9.98. The van der Waals surface area contributed by atoms with Gasteiger partial charge in [-0.3, -0.25) is 19.8 Å². The summed E-state index contributed by atoms with van der Waals surface area (Å²) in [5.74, 6) is -0.895. The number of aromatic nitrogens is 3. The van der Waals surface area contributed by atoms with Crippen molar-refractivity contribution in [2.75, 3.05) is 0 Å². The third-order valence-corrected chi connectivity index (χ3v) is 5.49. The highest BCUT2D eigenvalue weighted by molar-refractivity contribution is 8.03. The van der Waals surface area contributed by atoms with Gasteiger partial charge in [0.2, 0.25) is 0 Å². The molecular weight excluding hydrogens is 386 g/mol. The van der Waals surface area contributed by atoms with Crippen molar-refractivity contribution in [3.63, 3.8) is 0 Å². The van der Waals surface area contributed by atoms with E-state index in [-0.39, 0.29) is 29.3 Å². The molecule has 1 N–H and O–H groups in total. The van der Waals surface area contributed by atoms with E-state index in [0.717, 1.165) is 0 Å². The van der Waals surface area contributed by atoms with Gasteiger partial charge >= 0.3 is 5.97 Å². The van der Waals surface area contributed by atoms with Gasteiger partial charge in [0.25, 0.3) is 11.6 Å². The molecule has 1 fully saturated rings. The number of rotatable bonds is 5. The summed E-state index contributed by atoms with van der Waals surface area (Å²) in [6.45, 7) is 1.74. The molecule has 0 aliphatic carbocycles. The van der Waals surface area contributed by atoms with Gasteiger partial charge in [0.1, 0.15) is 23.4 Å². The van der Waals surface area contributed by atoms with Gasteiger partial charge in [-0.15, -0.1) is 11.8 Å². The van der Waals surface area contributed by atoms with E-state index in [4.69, 9.17) is 4.74 Å². The first-order valence-electron chi connectivity index (χ1n) is 8.14. The summed E-state index contributed by atoms with van der Waals surface area (Å²) in [5, 5.41) is 22.2. The molecule has 11 heteroatoms. The van der Waals surface area contributed by atoms with Gasteiger partial charge in [0.15, 0.2) is 0 Å². The van der Waals surface area contributed by atoms with Crippen LogP contribution in [0.1, 0.15) is 18.2 Å². The Morgan fingerprint density at radius 2 is 2.14 bits per heavy atom. The number of non-ortho nitro benzene ring substituents is 1. The predicted octanol–water partition coefficient (Wildman–Crippen LogP) is 1.99. The van der Waals surface area contributed by atoms with Gasteiger partial charge in [-0.2, -0.15) is 15.4 Å². The fraction of sp³-hybridized carbons (Fsp3) is 0.176. The van der Waals surface area contributed by atoms with Crippen molar-refractivity contribution in [3.8, 4) is 0 Å². The minimum absolute atomic E-state index is 0.0409. The second-order valence-electron chi connectivity index (χ2n) is 6.06. The molecule has 3 heterocycles. The van der Waals surface area contributed by atoms with Gasteiger partial charge in [0, 0.05) is 17.5 Å². The number of allylic oxidation sites excluding steroid dienone is 1. The molecular formula is C17H13N5O5S. The summed E-state index contributed by atoms with van der Waals surface area (Å²) in [6.07, 6.45) is 1.53. The van der Waals surface area contributed by atoms with Crippen molar-refractivity contribution in [1.82, 2.24) is 20.3 Å². The van der Waals surface area contributed by atoms with Crippen LogP contribution < -0.4 is 0 Å². The van der Waals surface area contributed by atoms with Gasteiger partial charge in [-0.05, 0) is 30.2 Å². The number of aromatic amines is 1. The monoisotopic (exact) mass is 399 g/mol. The predicted molar refractivity (Wildman–Crippen MR) is 98.2 cm³/mol. The molecule has 142 valence electrons. The number of nitrogens with zero attached hydrogens (tertiary/aromatic N) is 4. The molecule has 1 atom stereocenters. The number of thioether (sulfide) groups is 1. The number of benzene rings is 1. The highest BCUT2D eigenvalue weighted by Crippen LogP contribution is 2.47. The molecule has 1 saturated heterocycles. The zero-order chi connectivity index (χ0) is 19.8. The molecule has 0 spiro atoms. The molecule has 0 bridgehead atoms. The molecule has 2 aliphatic rings. The van der Waals surface area contributed by atoms with Crippen LogP contribution in [0.2, 0.25) is 0 Å². The number of esters is 1. The van der Waals surface area contributed by atoms with E-state index in [9.17, 15) is 19.7 Å². The number of ether oxygens (including phenoxy) is 1. The van der Waals surface area contributed by atoms with Crippen molar-refractivity contribution in [1.29, 1.82) is 0 Å². The molecule has 28 heavy (non-hydrogen) atoms. The van der Waals surface area contributed by atoms with Crippen LogP contribution in [0.3, 0.4) is 0 Å². The van der Waals surface area contributed by atoms with Crippen LogP contribution in [0.5, 0.6) is 0 Å². The first-order valence-corrected chi connectivity index (χ1v) is 9.08. The van der Waals surface area contributed by atoms with Crippen LogP contribution in [-0.4, -0.2) is 42.5 Å². The van der Waals surface area contributed by atoms with Crippen molar-refractivity contribution < 1.29 is 19.2 Å². The molecule has 0 unspecified atom stereocenters. The van der Waals surface area contributed by atoms with Gasteiger partial charge in [-0.25, -0.2) is 4.79 Å². The van der Waals surface area contributed by atoms with E-state index >= 15 is 0 Å². The molecule has 4 rings (SSSR count). The summed E-state index contributed by atoms with van der Waals surface area (Å²) in [6, 6.07) is 5.71. The third kappa shape index (κ3) is 2.95. The van der Waals surface area contributed by atoms with Crippen LogP contribution in [0, 0.1) is 10.1 Å². The van der Waals surface area contributed by atoms with Crippen molar-refractivity contribution in [2.45, 2.75) is 18.9 Å². The highest BCUT2D eigenvalue weighted by Gasteiger charge is 2.51. The largest absolute Gasteiger partial charge is 0.456 e. The van der Waals surface area contributed by atoms with Gasteiger partial charge < -0.3 is 4.74 Å². The number of nitro groups is 1. The maximum Gasteiger partial charge on any atom is 0.355 e. The van der Waals surface area contributed by atoms with E-state index in [1.165, 1.54) is 47.1 Å². The zero-order valence-corrected chi connectivity index (χ0v) is 15.3.